The summed E-state index contributed by atoms with van der Waals surface area (Å²) in [7, 11) is 1.48. The molecule has 2 heterocycles. The highest BCUT2D eigenvalue weighted by molar-refractivity contribution is 6.19. The van der Waals surface area contributed by atoms with Crippen molar-refractivity contribution in [2.45, 2.75) is 6.42 Å². The summed E-state index contributed by atoms with van der Waals surface area (Å²) in [4.78, 5) is 38.2. The van der Waals surface area contributed by atoms with E-state index in [2.05, 4.69) is 10.2 Å². The number of hydrogen-bond donors (Lipinski definition) is 1. The molecule has 0 atom stereocenters. The first kappa shape index (κ1) is 16.9. The molecule has 0 unspecified atom stereocenters. The van der Waals surface area contributed by atoms with Crippen LogP contribution in [0.1, 0.15) is 11.3 Å². The fourth-order valence-electron chi connectivity index (χ4n) is 3.20. The predicted molar refractivity (Wildman–Crippen MR) is 97.1 cm³/mol. The third-order valence-electron chi connectivity index (χ3n) is 4.54. The van der Waals surface area contributed by atoms with Gasteiger partial charge in [-0.15, -0.1) is 0 Å². The lowest BCUT2D eigenvalue weighted by molar-refractivity contribution is -0.116. The third-order valence-corrected chi connectivity index (χ3v) is 4.54. The molecule has 1 aromatic heterocycles. The number of carbonyl (C=O) groups excluding carboxylic acids is 2. The molecule has 2 aromatic carbocycles. The molecule has 0 radical (unpaired) electrons. The van der Waals surface area contributed by atoms with Crippen molar-refractivity contribution >= 4 is 28.4 Å². The molecule has 1 aliphatic rings. The van der Waals surface area contributed by atoms with Gasteiger partial charge in [0, 0.05) is 18.9 Å². The van der Waals surface area contributed by atoms with Gasteiger partial charge in [0.25, 0.3) is 11.5 Å². The summed E-state index contributed by atoms with van der Waals surface area (Å²) in [5.74, 6) is -1.14. The zero-order valence-corrected chi connectivity index (χ0v) is 14.4. The number of amides is 3. The number of nitrogens with one attached hydrogen (secondary N) is 1. The van der Waals surface area contributed by atoms with E-state index in [4.69, 9.17) is 0 Å². The van der Waals surface area contributed by atoms with Crippen LogP contribution < -0.4 is 10.5 Å². The molecule has 0 spiro atoms. The van der Waals surface area contributed by atoms with Crippen molar-refractivity contribution in [1.82, 2.24) is 15.1 Å². The summed E-state index contributed by atoms with van der Waals surface area (Å²) >= 11 is 0. The Kier molecular flexibility index (Phi) is 3.95. The Morgan fingerprint density at radius 1 is 1.11 bits per heavy atom. The Labute approximate surface area is 153 Å². The molecule has 7 nitrogen and oxygen atoms in total. The predicted octanol–water partition coefficient (Wildman–Crippen LogP) is 2.05. The van der Waals surface area contributed by atoms with Crippen LogP contribution in [0.4, 0.5) is 14.9 Å². The van der Waals surface area contributed by atoms with Crippen LogP contribution in [0.3, 0.4) is 0 Å². The van der Waals surface area contributed by atoms with Crippen molar-refractivity contribution in [1.29, 1.82) is 0 Å². The fraction of sp³-hybridized carbons (Fsp3) is 0.158. The smallest absolute Gasteiger partial charge is 0.318 e. The number of likely N-dealkylation sites (N-methyl/N-ethyl adjacent to an activating group) is 1. The van der Waals surface area contributed by atoms with E-state index >= 15 is 0 Å². The average molecular weight is 366 g/mol. The SMILES string of the molecule is CN1CC(=O)N(c2cc(Cc3n[nH]c(=O)c4ccccc34)ccc2F)C1=O. The molecule has 4 rings (SSSR count). The van der Waals surface area contributed by atoms with Gasteiger partial charge in [0.15, 0.2) is 0 Å². The number of carbonyl (C=O) groups is 2. The highest BCUT2D eigenvalue weighted by Gasteiger charge is 2.36. The van der Waals surface area contributed by atoms with Gasteiger partial charge >= 0.3 is 6.03 Å². The van der Waals surface area contributed by atoms with Gasteiger partial charge in [-0.1, -0.05) is 24.3 Å². The Balaban J connectivity index is 1.75. The van der Waals surface area contributed by atoms with Crippen molar-refractivity contribution in [2.75, 3.05) is 18.5 Å². The van der Waals surface area contributed by atoms with E-state index in [9.17, 15) is 18.8 Å². The summed E-state index contributed by atoms with van der Waals surface area (Å²) in [6.07, 6.45) is 0.302. The van der Waals surface area contributed by atoms with Crippen molar-refractivity contribution in [2.24, 2.45) is 0 Å². The molecule has 1 fully saturated rings. The molecular formula is C19H15FN4O3. The van der Waals surface area contributed by atoms with Gasteiger partial charge in [-0.05, 0) is 23.8 Å². The lowest BCUT2D eigenvalue weighted by atomic mass is 10.0. The maximum absolute atomic E-state index is 14.3. The molecule has 1 saturated heterocycles. The third kappa shape index (κ3) is 2.84. The van der Waals surface area contributed by atoms with Gasteiger partial charge in [0.2, 0.25) is 0 Å². The number of imide groups is 1. The van der Waals surface area contributed by atoms with Crippen molar-refractivity contribution in [3.63, 3.8) is 0 Å². The maximum atomic E-state index is 14.3. The average Bonchev–Trinajstić information content (AvgIpc) is 2.91. The quantitative estimate of drug-likeness (QED) is 0.719. The summed E-state index contributed by atoms with van der Waals surface area (Å²) in [6, 6.07) is 10.7. The largest absolute Gasteiger partial charge is 0.331 e. The summed E-state index contributed by atoms with van der Waals surface area (Å²) in [5, 5.41) is 7.77. The van der Waals surface area contributed by atoms with Crippen LogP contribution in [0.2, 0.25) is 0 Å². The lowest BCUT2D eigenvalue weighted by Crippen LogP contribution is -2.32. The van der Waals surface area contributed by atoms with Gasteiger partial charge in [-0.2, -0.15) is 5.10 Å². The van der Waals surface area contributed by atoms with Crippen LogP contribution in [-0.2, 0) is 11.2 Å². The van der Waals surface area contributed by atoms with Crippen LogP contribution in [0.25, 0.3) is 10.8 Å². The van der Waals surface area contributed by atoms with Gasteiger partial charge in [-0.3, -0.25) is 9.59 Å². The summed E-state index contributed by atoms with van der Waals surface area (Å²) in [5.41, 5.74) is 0.899. The number of rotatable bonds is 3. The van der Waals surface area contributed by atoms with Crippen LogP contribution >= 0.6 is 0 Å². The monoisotopic (exact) mass is 366 g/mol. The summed E-state index contributed by atoms with van der Waals surface area (Å²) < 4.78 is 14.3. The van der Waals surface area contributed by atoms with Gasteiger partial charge < -0.3 is 4.90 Å². The highest BCUT2D eigenvalue weighted by atomic mass is 19.1. The maximum Gasteiger partial charge on any atom is 0.331 e. The molecule has 3 aromatic rings. The topological polar surface area (TPSA) is 86.4 Å². The van der Waals surface area contributed by atoms with Gasteiger partial charge in [0.1, 0.15) is 12.4 Å². The van der Waals surface area contributed by atoms with E-state index in [0.717, 1.165) is 4.90 Å². The molecule has 1 aliphatic heterocycles. The molecule has 0 aliphatic carbocycles. The molecule has 1 N–H and O–H groups in total. The first-order valence-corrected chi connectivity index (χ1v) is 8.28. The van der Waals surface area contributed by atoms with Crippen LogP contribution in [0.15, 0.2) is 47.3 Å². The van der Waals surface area contributed by atoms with Crippen LogP contribution in [-0.4, -0.2) is 40.6 Å². The number of anilines is 1. The number of aromatic nitrogens is 2. The Bertz CT molecular complexity index is 1140. The van der Waals surface area contributed by atoms with E-state index in [0.29, 0.717) is 28.5 Å². The minimum Gasteiger partial charge on any atom is -0.318 e. The second kappa shape index (κ2) is 6.31. The van der Waals surface area contributed by atoms with E-state index in [1.807, 2.05) is 0 Å². The van der Waals surface area contributed by atoms with Gasteiger partial charge in [0.05, 0.1) is 16.8 Å². The zero-order valence-electron chi connectivity index (χ0n) is 14.4. The second-order valence-corrected chi connectivity index (χ2v) is 6.38. The number of urea groups is 1. The van der Waals surface area contributed by atoms with E-state index < -0.39 is 17.8 Å². The minimum absolute atomic E-state index is 0.0828. The molecule has 3 amide bonds. The van der Waals surface area contributed by atoms with Crippen LogP contribution in [0.5, 0.6) is 0 Å². The van der Waals surface area contributed by atoms with E-state index in [-0.39, 0.29) is 17.8 Å². The molecule has 136 valence electrons. The van der Waals surface area contributed by atoms with Crippen molar-refractivity contribution in [3.8, 4) is 0 Å². The minimum atomic E-state index is -0.657. The first-order chi connectivity index (χ1) is 13.0. The Hall–Kier alpha value is -3.55. The van der Waals surface area contributed by atoms with Crippen LogP contribution in [0, 0.1) is 5.82 Å². The molecular weight excluding hydrogens is 351 g/mol. The standard InChI is InChI=1S/C19H15FN4O3/c1-23-10-17(25)24(19(23)27)16-9-11(6-7-14(16)20)8-15-12-4-2-3-5-13(12)18(26)22-21-15/h2-7,9H,8,10H2,1H3,(H,22,26). The van der Waals surface area contributed by atoms with Crippen molar-refractivity contribution in [3.05, 3.63) is 69.9 Å². The molecule has 0 saturated carbocycles. The first-order valence-electron chi connectivity index (χ1n) is 8.28. The number of benzene rings is 2. The van der Waals surface area contributed by atoms with Gasteiger partial charge in [-0.25, -0.2) is 19.2 Å². The summed E-state index contributed by atoms with van der Waals surface area (Å²) in [6.45, 7) is -0.0887. The Morgan fingerprint density at radius 3 is 2.56 bits per heavy atom. The van der Waals surface area contributed by atoms with E-state index in [1.165, 1.54) is 24.1 Å². The Morgan fingerprint density at radius 2 is 1.85 bits per heavy atom. The molecule has 0 bridgehead atoms. The highest BCUT2D eigenvalue weighted by Crippen LogP contribution is 2.27. The molecule has 8 heteroatoms. The molecule has 27 heavy (non-hydrogen) atoms. The fourth-order valence-corrected chi connectivity index (χ4v) is 3.20. The number of fused-ring (bicyclic) bond motifs is 1. The zero-order chi connectivity index (χ0) is 19.1. The van der Waals surface area contributed by atoms with Crippen molar-refractivity contribution < 1.29 is 14.0 Å². The normalized spacial score (nSPS) is 14.4. The lowest BCUT2D eigenvalue weighted by Gasteiger charge is -2.16. The number of H-pyrrole nitrogens is 1. The second-order valence-electron chi connectivity index (χ2n) is 6.38. The number of aromatic amines is 1. The number of hydrogen-bond acceptors (Lipinski definition) is 4. The number of halogens is 1. The van der Waals surface area contributed by atoms with E-state index in [1.54, 1.807) is 30.3 Å². The number of nitrogens with zero attached hydrogens (tertiary/aromatic N) is 3.